The number of nitrogens with one attached hydrogen (secondary N) is 3. The summed E-state index contributed by atoms with van der Waals surface area (Å²) in [4.78, 5) is 36.5. The van der Waals surface area contributed by atoms with Crippen molar-refractivity contribution in [3.63, 3.8) is 0 Å². The lowest BCUT2D eigenvalue weighted by Crippen LogP contribution is -2.42. The molecule has 2 aromatic carbocycles. The molecule has 0 atom stereocenters. The molecule has 0 spiro atoms. The number of benzene rings is 2. The first-order chi connectivity index (χ1) is 15.4. The molecule has 32 heavy (non-hydrogen) atoms. The van der Waals surface area contributed by atoms with Crippen LogP contribution in [0.4, 0.5) is 0 Å². The van der Waals surface area contributed by atoms with Gasteiger partial charge in [0.05, 0.1) is 4.88 Å². The van der Waals surface area contributed by atoms with Crippen molar-refractivity contribution in [2.24, 2.45) is 0 Å². The molecule has 0 aliphatic carbocycles. The summed E-state index contributed by atoms with van der Waals surface area (Å²) in [7, 11) is 0. The van der Waals surface area contributed by atoms with E-state index in [9.17, 15) is 14.4 Å². The third-order valence-electron chi connectivity index (χ3n) is 4.45. The molecule has 1 aromatic heterocycles. The Morgan fingerprint density at radius 2 is 1.78 bits per heavy atom. The van der Waals surface area contributed by atoms with Crippen LogP contribution >= 0.6 is 22.9 Å². The topological polar surface area (TPSA) is 96.5 Å². The van der Waals surface area contributed by atoms with Crippen LogP contribution in [-0.4, -0.2) is 24.3 Å². The summed E-state index contributed by atoms with van der Waals surface area (Å²) in [5.74, 6) is -0.370. The van der Waals surface area contributed by atoms with Crippen molar-refractivity contribution in [3.05, 3.63) is 86.6 Å². The highest BCUT2D eigenvalue weighted by molar-refractivity contribution is 7.12. The fourth-order valence-corrected chi connectivity index (χ4v) is 3.43. The van der Waals surface area contributed by atoms with Gasteiger partial charge in [0, 0.05) is 23.6 Å². The van der Waals surface area contributed by atoms with Gasteiger partial charge < -0.3 is 10.1 Å². The van der Waals surface area contributed by atoms with Gasteiger partial charge in [-0.15, -0.1) is 11.3 Å². The highest BCUT2D eigenvalue weighted by Crippen LogP contribution is 2.21. The van der Waals surface area contributed by atoms with Gasteiger partial charge in [-0.25, -0.2) is 0 Å². The van der Waals surface area contributed by atoms with Gasteiger partial charge in [-0.05, 0) is 59.8 Å². The molecule has 166 valence electrons. The lowest BCUT2D eigenvalue weighted by atomic mass is 10.1. The molecule has 0 saturated heterocycles. The monoisotopic (exact) mass is 471 g/mol. The van der Waals surface area contributed by atoms with Crippen LogP contribution in [0.15, 0.2) is 60.0 Å². The Labute approximate surface area is 194 Å². The van der Waals surface area contributed by atoms with Crippen molar-refractivity contribution in [2.75, 3.05) is 6.54 Å². The van der Waals surface area contributed by atoms with E-state index in [1.165, 1.54) is 11.3 Å². The average molecular weight is 472 g/mol. The Kier molecular flexibility index (Phi) is 8.24. The quantitative estimate of drug-likeness (QED) is 0.434. The van der Waals surface area contributed by atoms with E-state index in [1.54, 1.807) is 53.9 Å². The maximum atomic E-state index is 12.2. The fraction of sp³-hybridized carbons (Fsp3) is 0.174. The van der Waals surface area contributed by atoms with Crippen molar-refractivity contribution < 1.29 is 19.1 Å². The van der Waals surface area contributed by atoms with Gasteiger partial charge in [-0.3, -0.25) is 25.2 Å². The van der Waals surface area contributed by atoms with Crippen LogP contribution in [-0.2, 0) is 11.4 Å². The molecular weight excluding hydrogens is 450 g/mol. The Morgan fingerprint density at radius 1 is 1.00 bits per heavy atom. The molecule has 3 rings (SSSR count). The van der Waals surface area contributed by atoms with Crippen molar-refractivity contribution in [1.82, 2.24) is 16.2 Å². The van der Waals surface area contributed by atoms with E-state index in [4.69, 9.17) is 16.3 Å². The molecule has 9 heteroatoms. The van der Waals surface area contributed by atoms with Gasteiger partial charge in [-0.2, -0.15) is 0 Å². The minimum Gasteiger partial charge on any atom is -0.489 e. The zero-order valence-electron chi connectivity index (χ0n) is 17.3. The van der Waals surface area contributed by atoms with E-state index in [1.807, 2.05) is 13.0 Å². The number of carbonyl (C=O) groups is 3. The third-order valence-corrected chi connectivity index (χ3v) is 5.74. The maximum Gasteiger partial charge on any atom is 0.269 e. The van der Waals surface area contributed by atoms with Crippen molar-refractivity contribution in [2.45, 2.75) is 20.0 Å². The Bertz CT molecular complexity index is 1090. The number of aryl methyl sites for hydroxylation is 1. The Balaban J connectivity index is 1.38. The highest BCUT2D eigenvalue weighted by Gasteiger charge is 2.10. The van der Waals surface area contributed by atoms with Crippen LogP contribution in [0.25, 0.3) is 0 Å². The fourth-order valence-electron chi connectivity index (χ4n) is 2.67. The Morgan fingerprint density at radius 3 is 2.47 bits per heavy atom. The molecular formula is C23H22ClN3O4S. The summed E-state index contributed by atoms with van der Waals surface area (Å²) in [5, 5.41) is 5.14. The number of hydrazine groups is 1. The Hall–Kier alpha value is -3.36. The zero-order chi connectivity index (χ0) is 22.9. The molecule has 0 aliphatic rings. The number of hydrogen-bond donors (Lipinski definition) is 3. The van der Waals surface area contributed by atoms with Crippen LogP contribution in [0.2, 0.25) is 5.02 Å². The normalized spacial score (nSPS) is 10.3. The van der Waals surface area contributed by atoms with Gasteiger partial charge in [0.2, 0.25) is 5.91 Å². The van der Waals surface area contributed by atoms with Gasteiger partial charge in [0.25, 0.3) is 11.8 Å². The molecule has 7 nitrogen and oxygen atoms in total. The largest absolute Gasteiger partial charge is 0.489 e. The number of ether oxygens (including phenoxy) is 1. The van der Waals surface area contributed by atoms with Crippen LogP contribution in [0.5, 0.6) is 5.75 Å². The summed E-state index contributed by atoms with van der Waals surface area (Å²) in [5.41, 5.74) is 6.91. The zero-order valence-corrected chi connectivity index (χ0v) is 18.9. The van der Waals surface area contributed by atoms with E-state index in [2.05, 4.69) is 16.2 Å². The van der Waals surface area contributed by atoms with Gasteiger partial charge in [0.1, 0.15) is 12.4 Å². The molecule has 3 amide bonds. The molecule has 0 fully saturated rings. The SMILES string of the molecule is Cc1cc(OCc2ccc(C(=O)NNC(=O)CCNC(=O)c3cccs3)cc2)ccc1Cl. The number of thiophene rings is 1. The molecule has 3 aromatic rings. The molecule has 0 saturated carbocycles. The second kappa shape index (κ2) is 11.3. The van der Waals surface area contributed by atoms with Crippen LogP contribution < -0.4 is 20.9 Å². The second-order valence-corrected chi connectivity index (χ2v) is 8.24. The maximum absolute atomic E-state index is 12.2. The highest BCUT2D eigenvalue weighted by atomic mass is 35.5. The molecule has 0 aliphatic heterocycles. The van der Waals surface area contributed by atoms with Crippen molar-refractivity contribution >= 4 is 40.7 Å². The second-order valence-electron chi connectivity index (χ2n) is 6.88. The number of halogens is 1. The van der Waals surface area contributed by atoms with Gasteiger partial charge in [0.15, 0.2) is 0 Å². The van der Waals surface area contributed by atoms with E-state index >= 15 is 0 Å². The van der Waals surface area contributed by atoms with Crippen LogP contribution in [0.1, 0.15) is 37.6 Å². The number of hydrogen-bond acceptors (Lipinski definition) is 5. The first kappa shape index (κ1) is 23.3. The van der Waals surface area contributed by atoms with Crippen LogP contribution in [0.3, 0.4) is 0 Å². The summed E-state index contributed by atoms with van der Waals surface area (Å²) in [6, 6.07) is 15.8. The van der Waals surface area contributed by atoms with E-state index in [0.29, 0.717) is 27.8 Å². The number of carbonyl (C=O) groups excluding carboxylic acids is 3. The standard InChI is InChI=1S/C23H22ClN3O4S/c1-15-13-18(8-9-19(15)24)31-14-16-4-6-17(7-5-16)22(29)27-26-21(28)10-11-25-23(30)20-3-2-12-32-20/h2-9,12-13H,10-11,14H2,1H3,(H,25,30)(H,26,28)(H,27,29). The molecule has 3 N–H and O–H groups in total. The van der Waals surface area contributed by atoms with E-state index in [0.717, 1.165) is 11.1 Å². The molecule has 0 radical (unpaired) electrons. The smallest absolute Gasteiger partial charge is 0.269 e. The van der Waals surface area contributed by atoms with E-state index in [-0.39, 0.29) is 18.9 Å². The van der Waals surface area contributed by atoms with Crippen LogP contribution in [0, 0.1) is 6.92 Å². The lowest BCUT2D eigenvalue weighted by molar-refractivity contribution is -0.121. The summed E-state index contributed by atoms with van der Waals surface area (Å²) >= 11 is 7.33. The van der Waals surface area contributed by atoms with Gasteiger partial charge in [-0.1, -0.05) is 29.8 Å². The summed E-state index contributed by atoms with van der Waals surface area (Å²) in [6.45, 7) is 2.42. The predicted molar refractivity (Wildman–Crippen MR) is 124 cm³/mol. The predicted octanol–water partition coefficient (Wildman–Crippen LogP) is 3.87. The van der Waals surface area contributed by atoms with Gasteiger partial charge >= 0.3 is 0 Å². The molecule has 1 heterocycles. The first-order valence-corrected chi connectivity index (χ1v) is 11.1. The minimum atomic E-state index is -0.443. The van der Waals surface area contributed by atoms with Crippen molar-refractivity contribution in [1.29, 1.82) is 0 Å². The summed E-state index contributed by atoms with van der Waals surface area (Å²) in [6.07, 6.45) is 0.0395. The minimum absolute atomic E-state index is 0.0395. The average Bonchev–Trinajstić information content (AvgIpc) is 3.34. The number of amides is 3. The van der Waals surface area contributed by atoms with Crippen molar-refractivity contribution in [3.8, 4) is 5.75 Å². The first-order valence-electron chi connectivity index (χ1n) is 9.81. The van der Waals surface area contributed by atoms with E-state index < -0.39 is 11.8 Å². The molecule has 0 unspecified atom stereocenters. The molecule has 0 bridgehead atoms. The third kappa shape index (κ3) is 6.83. The lowest BCUT2D eigenvalue weighted by Gasteiger charge is -2.10. The summed E-state index contributed by atoms with van der Waals surface area (Å²) < 4.78 is 5.74. The number of rotatable bonds is 8.